The molecule has 0 bridgehead atoms. The van der Waals surface area contributed by atoms with Crippen LogP contribution in [0.5, 0.6) is 5.75 Å². The molecule has 1 atom stereocenters. The second kappa shape index (κ2) is 4.77. The molecule has 108 valence electrons. The third kappa shape index (κ3) is 2.00. The van der Waals surface area contributed by atoms with Gasteiger partial charge in [-0.05, 0) is 37.3 Å². The van der Waals surface area contributed by atoms with Gasteiger partial charge in [0.2, 0.25) is 0 Å². The molecule has 0 radical (unpaired) electrons. The van der Waals surface area contributed by atoms with Crippen LogP contribution in [0.2, 0.25) is 0 Å². The first kappa shape index (κ1) is 12.7. The van der Waals surface area contributed by atoms with E-state index < -0.39 is 0 Å². The summed E-state index contributed by atoms with van der Waals surface area (Å²) in [5, 5.41) is 17.2. The third-order valence-electron chi connectivity index (χ3n) is 4.20. The molecule has 4 nitrogen and oxygen atoms in total. The van der Waals surface area contributed by atoms with Crippen molar-refractivity contribution in [1.82, 2.24) is 5.32 Å². The Labute approximate surface area is 126 Å². The van der Waals surface area contributed by atoms with Gasteiger partial charge in [0.05, 0.1) is 5.56 Å². The lowest BCUT2D eigenvalue weighted by molar-refractivity contribution is 0.0935. The van der Waals surface area contributed by atoms with Gasteiger partial charge in [-0.2, -0.15) is 0 Å². The first-order chi connectivity index (χ1) is 10.2. The molecule has 3 N–H and O–H groups in total. The summed E-state index contributed by atoms with van der Waals surface area (Å²) in [7, 11) is 0. The molecule has 1 amide bonds. The van der Waals surface area contributed by atoms with E-state index >= 15 is 0 Å². The van der Waals surface area contributed by atoms with Gasteiger partial charge in [0.15, 0.2) is 0 Å². The van der Waals surface area contributed by atoms with E-state index in [1.807, 2.05) is 12.1 Å². The highest BCUT2D eigenvalue weighted by atomic mass is 32.1. The molecule has 2 heterocycles. The minimum Gasteiger partial charge on any atom is -0.508 e. The maximum atomic E-state index is 12.5. The summed E-state index contributed by atoms with van der Waals surface area (Å²) in [6.07, 6.45) is 4.07. The van der Waals surface area contributed by atoms with Crippen molar-refractivity contribution in [3.05, 3.63) is 45.8 Å². The van der Waals surface area contributed by atoms with Crippen molar-refractivity contribution in [3.8, 4) is 5.75 Å². The Morgan fingerprint density at radius 1 is 1.14 bits per heavy atom. The van der Waals surface area contributed by atoms with Crippen LogP contribution >= 0.6 is 11.3 Å². The van der Waals surface area contributed by atoms with Crippen LogP contribution in [-0.2, 0) is 12.8 Å². The van der Waals surface area contributed by atoms with Gasteiger partial charge in [0.1, 0.15) is 16.9 Å². The van der Waals surface area contributed by atoms with E-state index in [0.29, 0.717) is 5.56 Å². The van der Waals surface area contributed by atoms with Gasteiger partial charge in [-0.15, -0.1) is 11.3 Å². The molecule has 1 aromatic heterocycles. The number of fused-ring (bicyclic) bond motifs is 3. The van der Waals surface area contributed by atoms with Crippen LogP contribution in [0, 0.1) is 0 Å². The number of hydrogen-bond donors (Lipinski definition) is 3. The SMILES string of the molecule is O=C1NC(c2ccccc2O)Nc2sc3c(c21)CCCC3. The van der Waals surface area contributed by atoms with Crippen LogP contribution in [0.4, 0.5) is 5.00 Å². The van der Waals surface area contributed by atoms with Gasteiger partial charge in [-0.1, -0.05) is 18.2 Å². The Kier molecular flexibility index (Phi) is 2.89. The van der Waals surface area contributed by atoms with E-state index in [2.05, 4.69) is 10.6 Å². The number of aryl methyl sites for hydroxylation is 1. The Morgan fingerprint density at radius 2 is 1.95 bits per heavy atom. The molecule has 2 aliphatic rings. The summed E-state index contributed by atoms with van der Waals surface area (Å²) in [4.78, 5) is 13.8. The molecule has 1 unspecified atom stereocenters. The minimum atomic E-state index is -0.369. The molecule has 2 aromatic rings. The maximum absolute atomic E-state index is 12.5. The van der Waals surface area contributed by atoms with Gasteiger partial charge >= 0.3 is 0 Å². The number of para-hydroxylation sites is 1. The Hall–Kier alpha value is -2.01. The number of phenols is 1. The standard InChI is InChI=1S/C16H16N2O2S/c19-11-7-3-1-5-9(11)14-17-15(20)13-10-6-2-4-8-12(10)21-16(13)18-14/h1,3,5,7,14,18-19H,2,4,6,8H2,(H,17,20). The lowest BCUT2D eigenvalue weighted by Gasteiger charge is -2.27. The predicted molar refractivity (Wildman–Crippen MR) is 82.9 cm³/mol. The zero-order valence-electron chi connectivity index (χ0n) is 11.5. The van der Waals surface area contributed by atoms with Crippen LogP contribution in [0.25, 0.3) is 0 Å². The number of carbonyl (C=O) groups is 1. The second-order valence-corrected chi connectivity index (χ2v) is 6.63. The van der Waals surface area contributed by atoms with E-state index in [1.54, 1.807) is 23.5 Å². The van der Waals surface area contributed by atoms with Crippen molar-refractivity contribution in [1.29, 1.82) is 0 Å². The summed E-state index contributed by atoms with van der Waals surface area (Å²) in [5.41, 5.74) is 2.74. The number of thiophene rings is 1. The Balaban J connectivity index is 1.74. The smallest absolute Gasteiger partial charge is 0.256 e. The summed E-state index contributed by atoms with van der Waals surface area (Å²) >= 11 is 1.69. The van der Waals surface area contributed by atoms with Gasteiger partial charge in [-0.25, -0.2) is 0 Å². The predicted octanol–water partition coefficient (Wildman–Crippen LogP) is 3.19. The lowest BCUT2D eigenvalue weighted by Crippen LogP contribution is -2.38. The topological polar surface area (TPSA) is 61.4 Å². The summed E-state index contributed by atoms with van der Waals surface area (Å²) < 4.78 is 0. The number of benzene rings is 1. The van der Waals surface area contributed by atoms with Gasteiger partial charge < -0.3 is 15.7 Å². The lowest BCUT2D eigenvalue weighted by atomic mass is 9.94. The molecule has 21 heavy (non-hydrogen) atoms. The Morgan fingerprint density at radius 3 is 2.81 bits per heavy atom. The van der Waals surface area contributed by atoms with E-state index in [1.165, 1.54) is 16.9 Å². The minimum absolute atomic E-state index is 0.0311. The summed E-state index contributed by atoms with van der Waals surface area (Å²) in [6, 6.07) is 7.10. The number of phenolic OH excluding ortho intramolecular Hbond substituents is 1. The normalized spacial score (nSPS) is 20.2. The fourth-order valence-electron chi connectivity index (χ4n) is 3.17. The highest BCUT2D eigenvalue weighted by molar-refractivity contribution is 7.16. The van der Waals surface area contributed by atoms with Crippen LogP contribution in [0.15, 0.2) is 24.3 Å². The van der Waals surface area contributed by atoms with Gasteiger partial charge in [0.25, 0.3) is 5.91 Å². The molecule has 4 rings (SSSR count). The van der Waals surface area contributed by atoms with Crippen molar-refractivity contribution in [2.75, 3.05) is 5.32 Å². The first-order valence-corrected chi connectivity index (χ1v) is 8.05. The third-order valence-corrected chi connectivity index (χ3v) is 5.42. The first-order valence-electron chi connectivity index (χ1n) is 7.24. The maximum Gasteiger partial charge on any atom is 0.256 e. The molecular formula is C16H16N2O2S. The highest BCUT2D eigenvalue weighted by Crippen LogP contribution is 2.42. The summed E-state index contributed by atoms with van der Waals surface area (Å²) in [5.74, 6) is 0.163. The molecule has 0 saturated heterocycles. The van der Waals surface area contributed by atoms with Crippen molar-refractivity contribution in [2.45, 2.75) is 31.8 Å². The molecule has 5 heteroatoms. The molecular weight excluding hydrogens is 284 g/mol. The summed E-state index contributed by atoms with van der Waals surface area (Å²) in [6.45, 7) is 0. The second-order valence-electron chi connectivity index (χ2n) is 5.52. The van der Waals surface area contributed by atoms with Crippen molar-refractivity contribution >= 4 is 22.2 Å². The molecule has 0 saturated carbocycles. The highest BCUT2D eigenvalue weighted by Gasteiger charge is 2.32. The quantitative estimate of drug-likeness (QED) is 0.758. The van der Waals surface area contributed by atoms with Crippen LogP contribution in [0.1, 0.15) is 45.4 Å². The zero-order valence-corrected chi connectivity index (χ0v) is 12.3. The van der Waals surface area contributed by atoms with Crippen LogP contribution in [-0.4, -0.2) is 11.0 Å². The van der Waals surface area contributed by atoms with E-state index in [9.17, 15) is 9.90 Å². The molecule has 1 aliphatic carbocycles. The fraction of sp³-hybridized carbons (Fsp3) is 0.312. The number of nitrogens with one attached hydrogen (secondary N) is 2. The molecule has 1 aliphatic heterocycles. The number of amides is 1. The van der Waals surface area contributed by atoms with Gasteiger partial charge in [0, 0.05) is 10.4 Å². The molecule has 0 spiro atoms. The van der Waals surface area contributed by atoms with Gasteiger partial charge in [-0.3, -0.25) is 4.79 Å². The molecule has 1 aromatic carbocycles. The monoisotopic (exact) mass is 300 g/mol. The van der Waals surface area contributed by atoms with Crippen molar-refractivity contribution in [2.24, 2.45) is 0 Å². The Bertz CT molecular complexity index is 723. The zero-order chi connectivity index (χ0) is 14.4. The number of aromatic hydroxyl groups is 1. The van der Waals surface area contributed by atoms with Crippen LogP contribution in [0.3, 0.4) is 0 Å². The number of anilines is 1. The number of hydrogen-bond acceptors (Lipinski definition) is 4. The average Bonchev–Trinajstić information content (AvgIpc) is 2.86. The van der Waals surface area contributed by atoms with E-state index in [-0.39, 0.29) is 17.8 Å². The van der Waals surface area contributed by atoms with E-state index in [0.717, 1.165) is 29.8 Å². The average molecular weight is 300 g/mol. The largest absolute Gasteiger partial charge is 0.508 e. The van der Waals surface area contributed by atoms with Crippen LogP contribution < -0.4 is 10.6 Å². The van der Waals surface area contributed by atoms with E-state index in [4.69, 9.17) is 0 Å². The number of carbonyl (C=O) groups excluding carboxylic acids is 1. The van der Waals surface area contributed by atoms with Crippen molar-refractivity contribution < 1.29 is 9.90 Å². The van der Waals surface area contributed by atoms with Crippen molar-refractivity contribution in [3.63, 3.8) is 0 Å². The fourth-order valence-corrected chi connectivity index (χ4v) is 4.48. The molecule has 0 fully saturated rings. The number of rotatable bonds is 1.